The Morgan fingerprint density at radius 1 is 1.23 bits per heavy atom. The number of nitrogens with one attached hydrogen (secondary N) is 1. The molecule has 0 aromatic heterocycles. The van der Waals surface area contributed by atoms with Gasteiger partial charge in [0.25, 0.3) is 5.91 Å². The minimum absolute atomic E-state index is 0.374. The average molecular weight is 305 g/mol. The number of rotatable bonds is 2. The molecule has 6 heteroatoms. The van der Waals surface area contributed by atoms with Gasteiger partial charge in [-0.1, -0.05) is 24.3 Å². The molecule has 0 aliphatic heterocycles. The van der Waals surface area contributed by atoms with Crippen LogP contribution in [-0.2, 0) is 6.42 Å². The van der Waals surface area contributed by atoms with Crippen LogP contribution in [0.5, 0.6) is 5.75 Å². The summed E-state index contributed by atoms with van der Waals surface area (Å²) in [5, 5.41) is 22.1. The summed E-state index contributed by atoms with van der Waals surface area (Å²) < 4.78 is 26.7. The Morgan fingerprint density at radius 2 is 1.95 bits per heavy atom. The number of halogens is 2. The van der Waals surface area contributed by atoms with Crippen molar-refractivity contribution in [1.29, 1.82) is 0 Å². The highest BCUT2D eigenvalue weighted by molar-refractivity contribution is 5.97. The van der Waals surface area contributed by atoms with Gasteiger partial charge in [0, 0.05) is 18.6 Å². The van der Waals surface area contributed by atoms with Crippen LogP contribution >= 0.6 is 0 Å². The third-order valence-electron chi connectivity index (χ3n) is 3.75. The van der Waals surface area contributed by atoms with Gasteiger partial charge in [0.15, 0.2) is 0 Å². The van der Waals surface area contributed by atoms with E-state index >= 15 is 0 Å². The van der Waals surface area contributed by atoms with E-state index < -0.39 is 41.0 Å². The van der Waals surface area contributed by atoms with Crippen molar-refractivity contribution in [2.24, 2.45) is 0 Å². The fourth-order valence-corrected chi connectivity index (χ4v) is 2.75. The number of aliphatic hydroxyl groups is 1. The van der Waals surface area contributed by atoms with Crippen LogP contribution in [0.25, 0.3) is 0 Å². The van der Waals surface area contributed by atoms with Gasteiger partial charge < -0.3 is 15.5 Å². The molecule has 0 spiro atoms. The van der Waals surface area contributed by atoms with Crippen LogP contribution in [-0.4, -0.2) is 22.2 Å². The maximum Gasteiger partial charge on any atom is 0.258 e. The van der Waals surface area contributed by atoms with Crippen molar-refractivity contribution in [3.05, 3.63) is 64.7 Å². The molecule has 2 atom stereocenters. The molecule has 2 aromatic carbocycles. The first-order valence-corrected chi connectivity index (χ1v) is 6.72. The number of carbonyl (C=O) groups excluding carboxylic acids is 1. The Labute approximate surface area is 125 Å². The van der Waals surface area contributed by atoms with Crippen LogP contribution in [0, 0.1) is 11.6 Å². The summed E-state index contributed by atoms with van der Waals surface area (Å²) in [4.78, 5) is 12.2. The maximum absolute atomic E-state index is 13.7. The van der Waals surface area contributed by atoms with E-state index in [4.69, 9.17) is 0 Å². The van der Waals surface area contributed by atoms with Crippen LogP contribution in [0.4, 0.5) is 8.78 Å². The van der Waals surface area contributed by atoms with Gasteiger partial charge >= 0.3 is 0 Å². The molecule has 2 aromatic rings. The van der Waals surface area contributed by atoms with E-state index in [2.05, 4.69) is 5.32 Å². The van der Waals surface area contributed by atoms with E-state index in [0.29, 0.717) is 18.6 Å². The van der Waals surface area contributed by atoms with Crippen LogP contribution in [0.2, 0.25) is 0 Å². The van der Waals surface area contributed by atoms with Gasteiger partial charge in [0.2, 0.25) is 0 Å². The van der Waals surface area contributed by atoms with Crippen LogP contribution in [0.1, 0.15) is 27.5 Å². The normalized spacial score (nSPS) is 19.8. The lowest BCUT2D eigenvalue weighted by Gasteiger charge is -2.18. The van der Waals surface area contributed by atoms with Crippen molar-refractivity contribution in [2.75, 3.05) is 0 Å². The van der Waals surface area contributed by atoms with E-state index in [1.54, 1.807) is 12.1 Å². The minimum atomic E-state index is -1.16. The second-order valence-electron chi connectivity index (χ2n) is 5.20. The number of phenolic OH excluding ortho intramolecular Hbond substituents is 1. The zero-order chi connectivity index (χ0) is 15.9. The Bertz CT molecular complexity index is 725. The molecule has 1 aliphatic carbocycles. The molecule has 4 nitrogen and oxygen atoms in total. The SMILES string of the molecule is O=C(N[C@H]1c2ccccc2C[C@@H]1O)c1c(O)cc(F)cc1F. The zero-order valence-electron chi connectivity index (χ0n) is 11.4. The lowest BCUT2D eigenvalue weighted by Crippen LogP contribution is -2.34. The number of carbonyl (C=O) groups is 1. The van der Waals surface area contributed by atoms with Gasteiger partial charge in [0.1, 0.15) is 22.9 Å². The van der Waals surface area contributed by atoms with Crippen molar-refractivity contribution in [1.82, 2.24) is 5.32 Å². The predicted octanol–water partition coefficient (Wildman–Crippen LogP) is 2.06. The molecule has 0 fully saturated rings. The molecule has 1 amide bonds. The highest BCUT2D eigenvalue weighted by Crippen LogP contribution is 2.32. The number of fused-ring (bicyclic) bond motifs is 1. The van der Waals surface area contributed by atoms with Crippen molar-refractivity contribution in [2.45, 2.75) is 18.6 Å². The van der Waals surface area contributed by atoms with Crippen molar-refractivity contribution in [3.63, 3.8) is 0 Å². The third kappa shape index (κ3) is 2.42. The second kappa shape index (κ2) is 5.38. The summed E-state index contributed by atoms with van der Waals surface area (Å²) in [7, 11) is 0. The summed E-state index contributed by atoms with van der Waals surface area (Å²) >= 11 is 0. The standard InChI is InChI=1S/C16H13F2NO3/c17-9-6-11(18)14(12(20)7-9)16(22)19-15-10-4-2-1-3-8(10)5-13(15)21/h1-4,6-7,13,15,20-21H,5H2,(H,19,22)/t13-,15-/m0/s1. The molecule has 0 radical (unpaired) electrons. The molecular weight excluding hydrogens is 292 g/mol. The molecule has 22 heavy (non-hydrogen) atoms. The summed E-state index contributed by atoms with van der Waals surface area (Å²) in [5.41, 5.74) is 0.993. The predicted molar refractivity (Wildman–Crippen MR) is 74.4 cm³/mol. The molecular formula is C16H13F2NO3. The Morgan fingerprint density at radius 3 is 2.68 bits per heavy atom. The van der Waals surface area contributed by atoms with Gasteiger partial charge in [0.05, 0.1) is 12.1 Å². The number of benzene rings is 2. The van der Waals surface area contributed by atoms with Gasteiger partial charge in [-0.25, -0.2) is 8.78 Å². The summed E-state index contributed by atoms with van der Waals surface area (Å²) in [6, 6.07) is 7.67. The number of amides is 1. The first kappa shape index (κ1) is 14.5. The largest absolute Gasteiger partial charge is 0.507 e. The highest BCUT2D eigenvalue weighted by atomic mass is 19.1. The third-order valence-corrected chi connectivity index (χ3v) is 3.75. The number of phenols is 1. The Kier molecular flexibility index (Phi) is 3.54. The fourth-order valence-electron chi connectivity index (χ4n) is 2.75. The molecule has 0 saturated heterocycles. The van der Waals surface area contributed by atoms with E-state index in [9.17, 15) is 23.8 Å². The minimum Gasteiger partial charge on any atom is -0.507 e. The summed E-state index contributed by atoms with van der Waals surface area (Å²) in [5.74, 6) is -3.82. The van der Waals surface area contributed by atoms with E-state index in [1.807, 2.05) is 12.1 Å². The van der Waals surface area contributed by atoms with Crippen LogP contribution in [0.3, 0.4) is 0 Å². The van der Waals surface area contributed by atoms with E-state index in [0.717, 1.165) is 11.1 Å². The average Bonchev–Trinajstić information content (AvgIpc) is 2.74. The van der Waals surface area contributed by atoms with Crippen LogP contribution < -0.4 is 5.32 Å². The molecule has 1 aliphatic rings. The lowest BCUT2D eigenvalue weighted by atomic mass is 10.1. The molecule has 0 saturated carbocycles. The molecule has 0 unspecified atom stereocenters. The Hall–Kier alpha value is -2.47. The van der Waals surface area contributed by atoms with Crippen LogP contribution in [0.15, 0.2) is 36.4 Å². The topological polar surface area (TPSA) is 69.6 Å². The van der Waals surface area contributed by atoms with Gasteiger partial charge in [-0.15, -0.1) is 0 Å². The molecule has 0 heterocycles. The molecule has 0 bridgehead atoms. The zero-order valence-corrected chi connectivity index (χ0v) is 11.4. The highest BCUT2D eigenvalue weighted by Gasteiger charge is 2.33. The van der Waals surface area contributed by atoms with E-state index in [1.165, 1.54) is 0 Å². The maximum atomic E-state index is 13.7. The van der Waals surface area contributed by atoms with Gasteiger partial charge in [-0.2, -0.15) is 0 Å². The number of hydrogen-bond acceptors (Lipinski definition) is 3. The first-order valence-electron chi connectivity index (χ1n) is 6.72. The first-order chi connectivity index (χ1) is 10.5. The summed E-state index contributed by atoms with van der Waals surface area (Å²) in [6.45, 7) is 0. The monoisotopic (exact) mass is 305 g/mol. The quantitative estimate of drug-likeness (QED) is 0.795. The van der Waals surface area contributed by atoms with Crippen molar-refractivity contribution >= 4 is 5.91 Å². The molecule has 3 N–H and O–H groups in total. The van der Waals surface area contributed by atoms with E-state index in [-0.39, 0.29) is 0 Å². The smallest absolute Gasteiger partial charge is 0.258 e. The van der Waals surface area contributed by atoms with Crippen molar-refractivity contribution in [3.8, 4) is 5.75 Å². The summed E-state index contributed by atoms with van der Waals surface area (Å²) in [6.07, 6.45) is -0.467. The number of hydrogen-bond donors (Lipinski definition) is 3. The second-order valence-corrected chi connectivity index (χ2v) is 5.20. The lowest BCUT2D eigenvalue weighted by molar-refractivity contribution is 0.0851. The molecule has 114 valence electrons. The van der Waals surface area contributed by atoms with Gasteiger partial charge in [-0.05, 0) is 11.1 Å². The Balaban J connectivity index is 1.90. The van der Waals surface area contributed by atoms with Gasteiger partial charge in [-0.3, -0.25) is 4.79 Å². The number of aromatic hydroxyl groups is 1. The molecule has 3 rings (SSSR count). The van der Waals surface area contributed by atoms with Crippen molar-refractivity contribution < 1.29 is 23.8 Å². The number of aliphatic hydroxyl groups excluding tert-OH is 1. The fraction of sp³-hybridized carbons (Fsp3) is 0.188.